The first-order chi connectivity index (χ1) is 14.5. The molecule has 0 spiro atoms. The predicted octanol–water partition coefficient (Wildman–Crippen LogP) is 4.63. The molecule has 0 saturated carbocycles. The molecule has 1 N–H and O–H groups in total. The van der Waals surface area contributed by atoms with Gasteiger partial charge in [-0.1, -0.05) is 42.3 Å². The van der Waals surface area contributed by atoms with Gasteiger partial charge in [-0.05, 0) is 37.5 Å². The number of aliphatic imine (C=N–C) groups is 1. The summed E-state index contributed by atoms with van der Waals surface area (Å²) in [6.07, 6.45) is 3.90. The Morgan fingerprint density at radius 1 is 1.30 bits per heavy atom. The Morgan fingerprint density at radius 2 is 2.07 bits per heavy atom. The van der Waals surface area contributed by atoms with Gasteiger partial charge in [0.2, 0.25) is 6.41 Å². The molecule has 30 heavy (non-hydrogen) atoms. The number of carbonyl (C=O) groups excluding carboxylic acids is 1. The van der Waals surface area contributed by atoms with Crippen molar-refractivity contribution in [1.82, 2.24) is 14.7 Å². The van der Waals surface area contributed by atoms with E-state index in [0.29, 0.717) is 23.8 Å². The van der Waals surface area contributed by atoms with Crippen LogP contribution >= 0.6 is 11.9 Å². The monoisotopic (exact) mass is 432 g/mol. The van der Waals surface area contributed by atoms with Gasteiger partial charge < -0.3 is 0 Å². The third-order valence-corrected chi connectivity index (χ3v) is 6.52. The van der Waals surface area contributed by atoms with Crippen LogP contribution in [0.2, 0.25) is 0 Å². The number of benzene rings is 2. The summed E-state index contributed by atoms with van der Waals surface area (Å²) in [5, 5.41) is 1.45. The lowest BCUT2D eigenvalue weighted by Crippen LogP contribution is -2.38. The van der Waals surface area contributed by atoms with Crippen LogP contribution in [0.25, 0.3) is 0 Å². The van der Waals surface area contributed by atoms with Gasteiger partial charge in [-0.15, -0.1) is 0 Å². The van der Waals surface area contributed by atoms with Crippen molar-refractivity contribution in [2.45, 2.75) is 37.6 Å². The molecule has 8 heteroatoms. The Hall–Kier alpha value is -2.45. The van der Waals surface area contributed by atoms with E-state index in [2.05, 4.69) is 26.9 Å². The maximum Gasteiger partial charge on any atom is 0.228 e. The highest BCUT2D eigenvalue weighted by atomic mass is 32.2. The number of hydrogen-bond donors (Lipinski definition) is 1. The smallest absolute Gasteiger partial charge is 0.228 e. The second kappa shape index (κ2) is 10.5. The first-order valence-electron chi connectivity index (χ1n) is 9.88. The maximum atomic E-state index is 14.8. The van der Waals surface area contributed by atoms with Crippen LogP contribution in [0.15, 0.2) is 47.5 Å². The van der Waals surface area contributed by atoms with Crippen LogP contribution in [0.5, 0.6) is 0 Å². The highest BCUT2D eigenvalue weighted by Gasteiger charge is 2.25. The zero-order chi connectivity index (χ0) is 21.5. The number of hydrogen-bond acceptors (Lipinski definition) is 4. The number of rotatable bonds is 8. The van der Waals surface area contributed by atoms with Crippen LogP contribution < -0.4 is 5.43 Å². The summed E-state index contributed by atoms with van der Waals surface area (Å²) in [6, 6.07) is 12.0. The van der Waals surface area contributed by atoms with Crippen molar-refractivity contribution in [1.29, 1.82) is 0 Å². The number of amides is 1. The van der Waals surface area contributed by atoms with Gasteiger partial charge in [0, 0.05) is 36.5 Å². The van der Waals surface area contributed by atoms with Crippen LogP contribution in [0, 0.1) is 11.6 Å². The average molecular weight is 433 g/mol. The number of hydrazine groups is 1. The minimum absolute atomic E-state index is 0.105. The summed E-state index contributed by atoms with van der Waals surface area (Å²) in [5.74, 6) is -1.02. The molecule has 1 saturated heterocycles. The van der Waals surface area contributed by atoms with Crippen molar-refractivity contribution < 1.29 is 13.6 Å². The fraction of sp³-hybridized carbons (Fsp3) is 0.364. The molecule has 5 nitrogen and oxygen atoms in total. The highest BCUT2D eigenvalue weighted by molar-refractivity contribution is 7.97. The predicted molar refractivity (Wildman–Crippen MR) is 117 cm³/mol. The molecule has 0 aliphatic carbocycles. The second-order valence-electron chi connectivity index (χ2n) is 7.18. The molecule has 1 aliphatic heterocycles. The SMILES string of the molecule is CN=CNN(C=O)C(C)c1cc(F)c(CN2CCCC(c3ccccc3)S2)cc1F. The summed E-state index contributed by atoms with van der Waals surface area (Å²) in [6.45, 7) is 2.77. The van der Waals surface area contributed by atoms with Crippen molar-refractivity contribution in [2.75, 3.05) is 13.6 Å². The Morgan fingerprint density at radius 3 is 2.77 bits per heavy atom. The summed E-state index contributed by atoms with van der Waals surface area (Å²) in [4.78, 5) is 15.0. The Labute approximate surface area is 180 Å². The fourth-order valence-electron chi connectivity index (χ4n) is 3.49. The first-order valence-corrected chi connectivity index (χ1v) is 10.7. The molecule has 1 fully saturated rings. The van der Waals surface area contributed by atoms with Gasteiger partial charge in [0.25, 0.3) is 0 Å². The van der Waals surface area contributed by atoms with E-state index < -0.39 is 17.7 Å². The third-order valence-electron chi connectivity index (χ3n) is 5.15. The Bertz CT molecular complexity index is 881. The van der Waals surface area contributed by atoms with Gasteiger partial charge in [-0.3, -0.25) is 20.2 Å². The minimum atomic E-state index is -0.698. The van der Waals surface area contributed by atoms with Crippen LogP contribution in [-0.2, 0) is 11.3 Å². The molecule has 3 rings (SSSR count). The molecule has 160 valence electrons. The van der Waals surface area contributed by atoms with Crippen LogP contribution in [0.4, 0.5) is 8.78 Å². The molecule has 0 bridgehead atoms. The van der Waals surface area contributed by atoms with Crippen LogP contribution in [-0.4, -0.2) is 35.7 Å². The topological polar surface area (TPSA) is 47.9 Å². The fourth-order valence-corrected chi connectivity index (χ4v) is 4.85. The molecule has 2 atom stereocenters. The Balaban J connectivity index is 1.73. The molecule has 1 amide bonds. The zero-order valence-corrected chi connectivity index (χ0v) is 17.9. The molecular weight excluding hydrogens is 406 g/mol. The van der Waals surface area contributed by atoms with E-state index >= 15 is 0 Å². The molecule has 1 aliphatic rings. The zero-order valence-electron chi connectivity index (χ0n) is 17.1. The van der Waals surface area contributed by atoms with E-state index in [1.54, 1.807) is 18.9 Å². The van der Waals surface area contributed by atoms with Gasteiger partial charge in [-0.2, -0.15) is 0 Å². The standard InChI is InChI=1S/C22H26F2N4OS/c1-16(28(15-29)26-14-25-2)19-12-20(23)18(11-21(19)24)13-27-10-6-9-22(30-27)17-7-4-3-5-8-17/h3-5,7-8,11-12,14-16,22H,6,9-10,13H2,1-2H3,(H,25,26). The van der Waals surface area contributed by atoms with Gasteiger partial charge in [0.05, 0.1) is 6.04 Å². The van der Waals surface area contributed by atoms with E-state index in [1.807, 2.05) is 18.2 Å². The molecule has 0 aromatic heterocycles. The number of nitrogens with zero attached hydrogens (tertiary/aromatic N) is 3. The lowest BCUT2D eigenvalue weighted by molar-refractivity contribution is -0.121. The Kier molecular flexibility index (Phi) is 7.81. The third kappa shape index (κ3) is 5.37. The van der Waals surface area contributed by atoms with Gasteiger partial charge >= 0.3 is 0 Å². The average Bonchev–Trinajstić information content (AvgIpc) is 2.77. The second-order valence-corrected chi connectivity index (χ2v) is 8.48. The van der Waals surface area contributed by atoms with E-state index in [1.165, 1.54) is 31.1 Å². The van der Waals surface area contributed by atoms with E-state index in [0.717, 1.165) is 24.4 Å². The molecule has 2 aromatic carbocycles. The van der Waals surface area contributed by atoms with Crippen molar-refractivity contribution in [3.05, 3.63) is 70.8 Å². The van der Waals surface area contributed by atoms with Crippen LogP contribution in [0.3, 0.4) is 0 Å². The molecular formula is C22H26F2N4OS. The lowest BCUT2D eigenvalue weighted by Gasteiger charge is -2.32. The summed E-state index contributed by atoms with van der Waals surface area (Å²) >= 11 is 1.69. The summed E-state index contributed by atoms with van der Waals surface area (Å²) in [5.41, 5.74) is 4.30. The van der Waals surface area contributed by atoms with E-state index in [9.17, 15) is 13.6 Å². The largest absolute Gasteiger partial charge is 0.285 e. The molecule has 1 heterocycles. The van der Waals surface area contributed by atoms with Crippen molar-refractivity contribution >= 4 is 24.7 Å². The number of nitrogens with one attached hydrogen (secondary N) is 1. The lowest BCUT2D eigenvalue weighted by atomic mass is 10.0. The maximum absolute atomic E-state index is 14.8. The molecule has 2 unspecified atom stereocenters. The molecule has 2 aromatic rings. The van der Waals surface area contributed by atoms with Crippen molar-refractivity contribution in [3.63, 3.8) is 0 Å². The normalized spacial score (nSPS) is 18.3. The number of halogens is 2. The van der Waals surface area contributed by atoms with Gasteiger partial charge in [-0.25, -0.2) is 13.1 Å². The molecule has 0 radical (unpaired) electrons. The quantitative estimate of drug-likeness (QED) is 0.217. The first kappa shape index (κ1) is 22.2. The van der Waals surface area contributed by atoms with Gasteiger partial charge in [0.1, 0.15) is 18.0 Å². The highest BCUT2D eigenvalue weighted by Crippen LogP contribution is 2.40. The van der Waals surface area contributed by atoms with Crippen LogP contribution in [0.1, 0.15) is 47.7 Å². The van der Waals surface area contributed by atoms with Crippen molar-refractivity contribution in [2.24, 2.45) is 4.99 Å². The summed E-state index contributed by atoms with van der Waals surface area (Å²) in [7, 11) is 1.54. The van der Waals surface area contributed by atoms with E-state index in [4.69, 9.17) is 0 Å². The van der Waals surface area contributed by atoms with E-state index in [-0.39, 0.29) is 5.56 Å². The summed E-state index contributed by atoms with van der Waals surface area (Å²) < 4.78 is 31.7. The minimum Gasteiger partial charge on any atom is -0.285 e. The van der Waals surface area contributed by atoms with Crippen molar-refractivity contribution in [3.8, 4) is 0 Å². The van der Waals surface area contributed by atoms with Gasteiger partial charge in [0.15, 0.2) is 0 Å². The number of carbonyl (C=O) groups is 1.